The molecule has 5 nitrogen and oxygen atoms in total. The summed E-state index contributed by atoms with van der Waals surface area (Å²) in [6.07, 6.45) is 0.604. The van der Waals surface area contributed by atoms with Crippen LogP contribution in [-0.4, -0.2) is 24.5 Å². The van der Waals surface area contributed by atoms with Crippen molar-refractivity contribution in [3.63, 3.8) is 0 Å². The number of carbonyl (C=O) groups excluding carboxylic acids is 2. The zero-order valence-corrected chi connectivity index (χ0v) is 14.8. The van der Waals surface area contributed by atoms with Gasteiger partial charge >= 0.3 is 6.03 Å². The van der Waals surface area contributed by atoms with Gasteiger partial charge in [-0.05, 0) is 62.6 Å². The smallest absolute Gasteiger partial charge is 0.319 e. The van der Waals surface area contributed by atoms with Gasteiger partial charge in [-0.25, -0.2) is 4.79 Å². The highest BCUT2D eigenvalue weighted by Crippen LogP contribution is 2.22. The number of hydrogen-bond acceptors (Lipinski definition) is 2. The number of benzene rings is 2. The maximum Gasteiger partial charge on any atom is 0.319 e. The zero-order chi connectivity index (χ0) is 18.0. The molecule has 1 saturated heterocycles. The Morgan fingerprint density at radius 3 is 2.44 bits per heavy atom. The molecule has 1 heterocycles. The fraction of sp³-hybridized carbons (Fsp3) is 0.300. The highest BCUT2D eigenvalue weighted by Gasteiger charge is 2.33. The van der Waals surface area contributed by atoms with Crippen LogP contribution in [0.3, 0.4) is 0 Å². The van der Waals surface area contributed by atoms with Crippen LogP contribution in [-0.2, 0) is 4.79 Å². The van der Waals surface area contributed by atoms with Crippen LogP contribution < -0.4 is 15.5 Å². The van der Waals surface area contributed by atoms with E-state index in [-0.39, 0.29) is 11.9 Å². The second-order valence-electron chi connectivity index (χ2n) is 6.56. The van der Waals surface area contributed by atoms with Crippen molar-refractivity contribution in [1.29, 1.82) is 0 Å². The lowest BCUT2D eigenvalue weighted by Gasteiger charge is -2.17. The average Bonchev–Trinajstić information content (AvgIpc) is 2.93. The molecule has 1 unspecified atom stereocenters. The van der Waals surface area contributed by atoms with Gasteiger partial charge in [-0.2, -0.15) is 0 Å². The summed E-state index contributed by atoms with van der Waals surface area (Å²) in [5.74, 6) is -0.0703. The van der Waals surface area contributed by atoms with Crippen LogP contribution >= 0.6 is 0 Å². The standard InChI is InChI=1S/C20H23N3O2/c1-13-4-8-17(9-5-13)23-11-10-18(19(23)24)22-20(25)21-16-7-6-14(2)15(3)12-16/h4-9,12,18H,10-11H2,1-3H3,(H2,21,22,25). The molecule has 5 heteroatoms. The third kappa shape index (κ3) is 3.82. The monoisotopic (exact) mass is 337 g/mol. The normalized spacial score (nSPS) is 16.8. The molecular formula is C20H23N3O2. The third-order valence-electron chi connectivity index (χ3n) is 4.62. The summed E-state index contributed by atoms with van der Waals surface area (Å²) in [6.45, 7) is 6.64. The van der Waals surface area contributed by atoms with Crippen LogP contribution in [0.5, 0.6) is 0 Å². The number of carbonyl (C=O) groups is 2. The van der Waals surface area contributed by atoms with Crippen LogP contribution in [0.25, 0.3) is 0 Å². The minimum absolute atomic E-state index is 0.0703. The van der Waals surface area contributed by atoms with Crippen molar-refractivity contribution in [1.82, 2.24) is 5.32 Å². The maximum atomic E-state index is 12.6. The van der Waals surface area contributed by atoms with E-state index in [9.17, 15) is 9.59 Å². The molecule has 0 bridgehead atoms. The molecule has 3 amide bonds. The molecule has 2 N–H and O–H groups in total. The Balaban J connectivity index is 1.61. The van der Waals surface area contributed by atoms with Crippen molar-refractivity contribution in [2.45, 2.75) is 33.2 Å². The van der Waals surface area contributed by atoms with Gasteiger partial charge in [0, 0.05) is 17.9 Å². The summed E-state index contributed by atoms with van der Waals surface area (Å²) in [4.78, 5) is 26.5. The second-order valence-corrected chi connectivity index (χ2v) is 6.56. The Labute approximate surface area is 148 Å². The molecule has 1 aliphatic rings. The number of anilines is 2. The number of nitrogens with zero attached hydrogens (tertiary/aromatic N) is 1. The van der Waals surface area contributed by atoms with E-state index >= 15 is 0 Å². The first-order chi connectivity index (χ1) is 11.9. The first kappa shape index (κ1) is 17.0. The lowest BCUT2D eigenvalue weighted by atomic mass is 10.1. The first-order valence-electron chi connectivity index (χ1n) is 8.47. The molecule has 2 aromatic rings. The van der Waals surface area contributed by atoms with Gasteiger partial charge in [0.15, 0.2) is 0 Å². The van der Waals surface area contributed by atoms with Gasteiger partial charge in [0.25, 0.3) is 0 Å². The lowest BCUT2D eigenvalue weighted by molar-refractivity contribution is -0.118. The molecule has 1 aliphatic heterocycles. The summed E-state index contributed by atoms with van der Waals surface area (Å²) in [6, 6.07) is 12.7. The van der Waals surface area contributed by atoms with Crippen molar-refractivity contribution in [2.24, 2.45) is 0 Å². The van der Waals surface area contributed by atoms with E-state index < -0.39 is 6.04 Å². The molecule has 3 rings (SSSR count). The number of urea groups is 1. The molecule has 1 atom stereocenters. The minimum Gasteiger partial charge on any atom is -0.326 e. The predicted octanol–water partition coefficient (Wildman–Crippen LogP) is 3.54. The van der Waals surface area contributed by atoms with E-state index in [1.165, 1.54) is 5.56 Å². The molecule has 130 valence electrons. The van der Waals surface area contributed by atoms with Crippen LogP contribution in [0.15, 0.2) is 42.5 Å². The van der Waals surface area contributed by atoms with Gasteiger partial charge in [-0.15, -0.1) is 0 Å². The topological polar surface area (TPSA) is 61.4 Å². The average molecular weight is 337 g/mol. The van der Waals surface area contributed by atoms with Gasteiger partial charge in [-0.1, -0.05) is 23.8 Å². The first-order valence-corrected chi connectivity index (χ1v) is 8.47. The van der Waals surface area contributed by atoms with Crippen molar-refractivity contribution in [3.8, 4) is 0 Å². The van der Waals surface area contributed by atoms with E-state index in [4.69, 9.17) is 0 Å². The van der Waals surface area contributed by atoms with Crippen LogP contribution in [0.4, 0.5) is 16.2 Å². The van der Waals surface area contributed by atoms with Crippen molar-refractivity contribution >= 4 is 23.3 Å². The summed E-state index contributed by atoms with van der Waals surface area (Å²) < 4.78 is 0. The van der Waals surface area contributed by atoms with Crippen LogP contribution in [0, 0.1) is 20.8 Å². The minimum atomic E-state index is -0.493. The van der Waals surface area contributed by atoms with Crippen LogP contribution in [0.1, 0.15) is 23.1 Å². The van der Waals surface area contributed by atoms with Gasteiger partial charge < -0.3 is 15.5 Å². The van der Waals surface area contributed by atoms with Gasteiger partial charge in [-0.3, -0.25) is 4.79 Å². The Morgan fingerprint density at radius 2 is 1.76 bits per heavy atom. The van der Waals surface area contributed by atoms with Crippen molar-refractivity contribution < 1.29 is 9.59 Å². The second kappa shape index (κ2) is 6.97. The Morgan fingerprint density at radius 1 is 1.04 bits per heavy atom. The SMILES string of the molecule is Cc1ccc(N2CCC(NC(=O)Nc3ccc(C)c(C)c3)C2=O)cc1. The number of rotatable bonds is 3. The summed E-state index contributed by atoms with van der Waals surface area (Å²) in [5.41, 5.74) is 5.03. The van der Waals surface area contributed by atoms with Gasteiger partial charge in [0.05, 0.1) is 0 Å². The summed E-state index contributed by atoms with van der Waals surface area (Å²) >= 11 is 0. The van der Waals surface area contributed by atoms with Crippen molar-refractivity contribution in [3.05, 3.63) is 59.2 Å². The molecule has 0 saturated carbocycles. The molecule has 0 spiro atoms. The molecular weight excluding hydrogens is 314 g/mol. The van der Waals surface area contributed by atoms with E-state index in [2.05, 4.69) is 10.6 Å². The fourth-order valence-electron chi connectivity index (χ4n) is 2.94. The van der Waals surface area contributed by atoms with E-state index in [1.54, 1.807) is 4.90 Å². The lowest BCUT2D eigenvalue weighted by Crippen LogP contribution is -2.43. The molecule has 2 aromatic carbocycles. The predicted molar refractivity (Wildman–Crippen MR) is 100 cm³/mol. The Bertz CT molecular complexity index is 799. The highest BCUT2D eigenvalue weighted by atomic mass is 16.2. The third-order valence-corrected chi connectivity index (χ3v) is 4.62. The molecule has 25 heavy (non-hydrogen) atoms. The van der Waals surface area contributed by atoms with E-state index in [0.29, 0.717) is 13.0 Å². The maximum absolute atomic E-state index is 12.6. The summed E-state index contributed by atoms with van der Waals surface area (Å²) in [7, 11) is 0. The number of hydrogen-bond donors (Lipinski definition) is 2. The Kier molecular flexibility index (Phi) is 4.74. The number of amides is 3. The largest absolute Gasteiger partial charge is 0.326 e. The molecule has 0 aromatic heterocycles. The molecule has 0 aliphatic carbocycles. The van der Waals surface area contributed by atoms with Crippen LogP contribution in [0.2, 0.25) is 0 Å². The van der Waals surface area contributed by atoms with Crippen molar-refractivity contribution in [2.75, 3.05) is 16.8 Å². The Hall–Kier alpha value is -2.82. The number of aryl methyl sites for hydroxylation is 3. The molecule has 0 radical (unpaired) electrons. The van der Waals surface area contributed by atoms with E-state index in [0.717, 1.165) is 22.5 Å². The number of nitrogens with one attached hydrogen (secondary N) is 2. The molecule has 1 fully saturated rings. The van der Waals surface area contributed by atoms with Gasteiger partial charge in [0.2, 0.25) is 5.91 Å². The zero-order valence-electron chi connectivity index (χ0n) is 14.8. The quantitative estimate of drug-likeness (QED) is 0.900. The fourth-order valence-corrected chi connectivity index (χ4v) is 2.94. The highest BCUT2D eigenvalue weighted by molar-refractivity contribution is 6.02. The van der Waals surface area contributed by atoms with Gasteiger partial charge in [0.1, 0.15) is 6.04 Å². The summed E-state index contributed by atoms with van der Waals surface area (Å²) in [5, 5.41) is 5.58. The van der Waals surface area contributed by atoms with E-state index in [1.807, 2.05) is 63.2 Å².